The lowest BCUT2D eigenvalue weighted by atomic mass is 9.84. The largest absolute Gasteiger partial charge is 0.507 e. The maximum atomic E-state index is 13.6. The van der Waals surface area contributed by atoms with E-state index < -0.39 is 23.7 Å². The summed E-state index contributed by atoms with van der Waals surface area (Å²) < 4.78 is 5.28. The molecule has 4 aromatic rings. The number of aliphatic hydroxyl groups excluding tert-OH is 1. The fourth-order valence-corrected chi connectivity index (χ4v) is 4.88. The summed E-state index contributed by atoms with van der Waals surface area (Å²) in [6.07, 6.45) is 0. The predicted octanol–water partition coefficient (Wildman–Crippen LogP) is 5.50. The number of Topliss-reactive ketones (excluding diaryl/α,β-unsaturated/α-hetero) is 1. The maximum absolute atomic E-state index is 13.6. The third kappa shape index (κ3) is 4.49. The van der Waals surface area contributed by atoms with Crippen LogP contribution >= 0.6 is 0 Å². The van der Waals surface area contributed by atoms with E-state index in [1.54, 1.807) is 24.3 Å². The zero-order valence-electron chi connectivity index (χ0n) is 22.8. The Bertz CT molecular complexity index is 1710. The van der Waals surface area contributed by atoms with Gasteiger partial charge in [0.15, 0.2) is 0 Å². The number of ether oxygens (including phenoxy) is 1. The number of amides is 1. The van der Waals surface area contributed by atoms with Crippen molar-refractivity contribution >= 4 is 40.4 Å². The van der Waals surface area contributed by atoms with Gasteiger partial charge in [-0.3, -0.25) is 14.5 Å². The Labute approximate surface area is 230 Å². The number of imidazole rings is 1. The molecule has 0 saturated carbocycles. The van der Waals surface area contributed by atoms with Crippen LogP contribution in [-0.4, -0.2) is 45.0 Å². The number of carbonyl (C=O) groups is 3. The molecule has 0 bridgehead atoms. The Balaban J connectivity index is 1.73. The second-order valence-corrected chi connectivity index (χ2v) is 10.8. The number of aromatic carboxylic acids is 1. The molecule has 1 amide bonds. The molecule has 204 valence electrons. The van der Waals surface area contributed by atoms with Gasteiger partial charge in [0, 0.05) is 5.56 Å². The van der Waals surface area contributed by atoms with Crippen LogP contribution in [0.15, 0.2) is 66.2 Å². The molecular weight excluding hydrogens is 510 g/mol. The number of rotatable bonds is 5. The molecule has 9 nitrogen and oxygen atoms in total. The number of benzene rings is 3. The Morgan fingerprint density at radius 2 is 1.70 bits per heavy atom. The van der Waals surface area contributed by atoms with Crippen LogP contribution in [0.5, 0.6) is 5.75 Å². The van der Waals surface area contributed by atoms with E-state index in [1.165, 1.54) is 30.2 Å². The van der Waals surface area contributed by atoms with Gasteiger partial charge in [0.25, 0.3) is 5.78 Å². The van der Waals surface area contributed by atoms with Crippen LogP contribution < -0.4 is 9.64 Å². The Morgan fingerprint density at radius 1 is 1.00 bits per heavy atom. The molecule has 9 heteroatoms. The molecule has 5 rings (SSSR count). The number of nitrogens with one attached hydrogen (secondary N) is 1. The smallest absolute Gasteiger partial charge is 0.335 e. The van der Waals surface area contributed by atoms with Gasteiger partial charge < -0.3 is 19.9 Å². The van der Waals surface area contributed by atoms with Crippen molar-refractivity contribution in [3.8, 4) is 5.75 Å². The summed E-state index contributed by atoms with van der Waals surface area (Å²) in [6.45, 7) is 7.98. The maximum Gasteiger partial charge on any atom is 0.335 e. The number of hydrogen-bond acceptors (Lipinski definition) is 6. The number of nitrogens with zero attached hydrogens (tertiary/aromatic N) is 2. The topological polar surface area (TPSA) is 133 Å². The van der Waals surface area contributed by atoms with Crippen molar-refractivity contribution < 1.29 is 29.3 Å². The number of aromatic amines is 1. The minimum absolute atomic E-state index is 0.0469. The number of methoxy groups -OCH3 is 1. The van der Waals surface area contributed by atoms with Gasteiger partial charge in [-0.15, -0.1) is 0 Å². The predicted molar refractivity (Wildman–Crippen MR) is 151 cm³/mol. The average molecular weight is 540 g/mol. The standard InChI is InChI=1S/C31H29N3O6/c1-16-6-10-19(31(2,3)4)15-21(16)26(35)24-25(17-7-11-20(40-5)12-8-17)34(28(37)27(24)36)30-32-22-13-9-18(29(38)39)14-23(22)33-30/h6-15,25,35H,1-5H3,(H,32,33)(H,38,39)/b26-24+. The summed E-state index contributed by atoms with van der Waals surface area (Å²) in [7, 11) is 1.53. The van der Waals surface area contributed by atoms with Crippen molar-refractivity contribution in [2.24, 2.45) is 0 Å². The van der Waals surface area contributed by atoms with Crippen molar-refractivity contribution in [3.63, 3.8) is 0 Å². The number of ketones is 1. The van der Waals surface area contributed by atoms with Crippen LogP contribution in [0.1, 0.15) is 59.4 Å². The molecule has 2 heterocycles. The van der Waals surface area contributed by atoms with Crippen molar-refractivity contribution in [1.82, 2.24) is 9.97 Å². The van der Waals surface area contributed by atoms with Gasteiger partial charge in [-0.1, -0.05) is 45.0 Å². The van der Waals surface area contributed by atoms with E-state index in [4.69, 9.17) is 4.74 Å². The average Bonchev–Trinajstić information content (AvgIpc) is 3.45. The zero-order chi connectivity index (χ0) is 28.9. The summed E-state index contributed by atoms with van der Waals surface area (Å²) in [6, 6.07) is 15.9. The fourth-order valence-electron chi connectivity index (χ4n) is 4.88. The summed E-state index contributed by atoms with van der Waals surface area (Å²) in [4.78, 5) is 47.4. The number of aromatic nitrogens is 2. The van der Waals surface area contributed by atoms with Gasteiger partial charge in [-0.25, -0.2) is 9.78 Å². The van der Waals surface area contributed by atoms with Crippen LogP contribution in [0.25, 0.3) is 16.8 Å². The Morgan fingerprint density at radius 3 is 2.33 bits per heavy atom. The molecule has 3 N–H and O–H groups in total. The van der Waals surface area contributed by atoms with Crippen molar-refractivity contribution in [2.75, 3.05) is 12.0 Å². The third-order valence-electron chi connectivity index (χ3n) is 7.18. The van der Waals surface area contributed by atoms with Crippen LogP contribution in [-0.2, 0) is 15.0 Å². The molecule has 1 atom stereocenters. The number of aryl methyl sites for hydroxylation is 1. The van der Waals surface area contributed by atoms with E-state index in [0.29, 0.717) is 27.9 Å². The first-order chi connectivity index (χ1) is 18.9. The third-order valence-corrected chi connectivity index (χ3v) is 7.18. The van der Waals surface area contributed by atoms with Crippen LogP contribution in [0.3, 0.4) is 0 Å². The van der Waals surface area contributed by atoms with E-state index in [1.807, 2.05) is 25.1 Å². The molecular formula is C31H29N3O6. The number of aliphatic hydroxyl groups is 1. The number of hydrogen-bond donors (Lipinski definition) is 3. The first kappa shape index (κ1) is 26.7. The van der Waals surface area contributed by atoms with Gasteiger partial charge in [-0.05, 0) is 65.4 Å². The van der Waals surface area contributed by atoms with Crippen molar-refractivity contribution in [3.05, 3.63) is 94.1 Å². The SMILES string of the molecule is COc1ccc(C2/C(=C(\O)c3cc(C(C)(C)C)ccc3C)C(=O)C(=O)N2c2nc3ccc(C(=O)O)cc3[nH]2)cc1. The molecule has 1 aliphatic rings. The van der Waals surface area contributed by atoms with E-state index >= 15 is 0 Å². The van der Waals surface area contributed by atoms with Gasteiger partial charge in [0.2, 0.25) is 5.95 Å². The number of carboxylic acids is 1. The quantitative estimate of drug-likeness (QED) is 0.173. The van der Waals surface area contributed by atoms with E-state index in [2.05, 4.69) is 30.7 Å². The minimum Gasteiger partial charge on any atom is -0.507 e. The molecule has 1 saturated heterocycles. The van der Waals surface area contributed by atoms with E-state index in [9.17, 15) is 24.6 Å². The number of anilines is 1. The normalized spacial score (nSPS) is 17.0. The Hall–Kier alpha value is -4.92. The minimum atomic E-state index is -1.11. The highest BCUT2D eigenvalue weighted by atomic mass is 16.5. The van der Waals surface area contributed by atoms with E-state index in [-0.39, 0.29) is 28.3 Å². The molecule has 40 heavy (non-hydrogen) atoms. The second-order valence-electron chi connectivity index (χ2n) is 10.8. The fraction of sp³-hybridized carbons (Fsp3) is 0.226. The summed E-state index contributed by atoms with van der Waals surface area (Å²) in [5.74, 6) is -2.48. The molecule has 3 aromatic carbocycles. The van der Waals surface area contributed by atoms with Crippen LogP contribution in [0.4, 0.5) is 5.95 Å². The zero-order valence-corrected chi connectivity index (χ0v) is 22.8. The van der Waals surface area contributed by atoms with Gasteiger partial charge in [-0.2, -0.15) is 0 Å². The number of carboxylic acid groups (broad SMARTS) is 1. The van der Waals surface area contributed by atoms with Crippen LogP contribution in [0, 0.1) is 6.92 Å². The lowest BCUT2D eigenvalue weighted by Gasteiger charge is -2.24. The van der Waals surface area contributed by atoms with Gasteiger partial charge in [0.05, 0.1) is 35.3 Å². The van der Waals surface area contributed by atoms with Crippen molar-refractivity contribution in [1.29, 1.82) is 0 Å². The first-order valence-electron chi connectivity index (χ1n) is 12.7. The van der Waals surface area contributed by atoms with Gasteiger partial charge in [0.1, 0.15) is 11.5 Å². The number of carbonyl (C=O) groups excluding carboxylic acids is 2. The lowest BCUT2D eigenvalue weighted by molar-refractivity contribution is -0.132. The number of H-pyrrole nitrogens is 1. The van der Waals surface area contributed by atoms with Gasteiger partial charge >= 0.3 is 11.9 Å². The Kier molecular flexibility index (Phi) is 6.45. The molecule has 0 spiro atoms. The molecule has 1 aliphatic heterocycles. The summed E-state index contributed by atoms with van der Waals surface area (Å²) >= 11 is 0. The first-order valence-corrected chi connectivity index (χ1v) is 12.7. The summed E-state index contributed by atoms with van der Waals surface area (Å²) in [5, 5.41) is 21.1. The van der Waals surface area contributed by atoms with Crippen LogP contribution in [0.2, 0.25) is 0 Å². The highest BCUT2D eigenvalue weighted by Crippen LogP contribution is 2.43. The van der Waals surface area contributed by atoms with Crippen molar-refractivity contribution in [2.45, 2.75) is 39.2 Å². The molecule has 1 unspecified atom stereocenters. The summed E-state index contributed by atoms with van der Waals surface area (Å²) in [5.41, 5.74) is 3.28. The monoisotopic (exact) mass is 539 g/mol. The molecule has 1 fully saturated rings. The molecule has 0 aliphatic carbocycles. The molecule has 1 aromatic heterocycles. The van der Waals surface area contributed by atoms with E-state index in [0.717, 1.165) is 11.1 Å². The number of fused-ring (bicyclic) bond motifs is 1. The highest BCUT2D eigenvalue weighted by molar-refractivity contribution is 6.51. The lowest BCUT2D eigenvalue weighted by Crippen LogP contribution is -2.30. The molecule has 0 radical (unpaired) electrons. The highest BCUT2D eigenvalue weighted by Gasteiger charge is 2.48. The second kappa shape index (κ2) is 9.68.